The van der Waals surface area contributed by atoms with Gasteiger partial charge in [0.1, 0.15) is 5.82 Å². The van der Waals surface area contributed by atoms with Crippen LogP contribution in [0.5, 0.6) is 0 Å². The molecule has 1 unspecified atom stereocenters. The normalized spacial score (nSPS) is 12.7. The summed E-state index contributed by atoms with van der Waals surface area (Å²) in [5.74, 6) is 5.02. The van der Waals surface area contributed by atoms with Gasteiger partial charge in [0.15, 0.2) is 0 Å². The van der Waals surface area contributed by atoms with Gasteiger partial charge >= 0.3 is 0 Å². The lowest BCUT2D eigenvalue weighted by Gasteiger charge is -2.16. The number of rotatable bonds is 3. The predicted octanol–water partition coefficient (Wildman–Crippen LogP) is 1.16. The van der Waals surface area contributed by atoms with E-state index in [0.717, 1.165) is 0 Å². The molecule has 1 heterocycles. The number of hydrazine groups is 1. The number of aromatic nitrogens is 3. The molecule has 0 spiro atoms. The Kier molecular flexibility index (Phi) is 3.37. The molecular formula is C10H11ClFN5. The van der Waals surface area contributed by atoms with Gasteiger partial charge < -0.3 is 0 Å². The highest BCUT2D eigenvalue weighted by Crippen LogP contribution is 2.24. The molecule has 0 aliphatic carbocycles. The van der Waals surface area contributed by atoms with Crippen LogP contribution in [0.25, 0.3) is 0 Å². The second-order valence-electron chi connectivity index (χ2n) is 3.55. The number of nitrogens with zero attached hydrogens (tertiary/aromatic N) is 3. The molecule has 0 saturated heterocycles. The summed E-state index contributed by atoms with van der Waals surface area (Å²) in [6.45, 7) is 0. The summed E-state index contributed by atoms with van der Waals surface area (Å²) in [6.07, 6.45) is 1.53. The minimum Gasteiger partial charge on any atom is -0.271 e. The third-order valence-electron chi connectivity index (χ3n) is 2.49. The Bertz CT molecular complexity index is 527. The van der Waals surface area contributed by atoms with Crippen LogP contribution in [0.2, 0.25) is 5.02 Å². The number of benzene rings is 1. The lowest BCUT2D eigenvalue weighted by atomic mass is 10.0. The number of hydrogen-bond acceptors (Lipinski definition) is 4. The van der Waals surface area contributed by atoms with Crippen molar-refractivity contribution in [2.45, 2.75) is 6.04 Å². The van der Waals surface area contributed by atoms with E-state index in [1.165, 1.54) is 16.9 Å². The molecule has 7 heteroatoms. The third-order valence-corrected chi connectivity index (χ3v) is 2.72. The van der Waals surface area contributed by atoms with Crippen molar-refractivity contribution >= 4 is 11.6 Å². The summed E-state index contributed by atoms with van der Waals surface area (Å²) in [6, 6.07) is 3.90. The average Bonchev–Trinajstić information content (AvgIpc) is 2.69. The van der Waals surface area contributed by atoms with Gasteiger partial charge in [0.25, 0.3) is 0 Å². The quantitative estimate of drug-likeness (QED) is 0.638. The standard InChI is InChI=1S/C10H11ClFN5/c1-17-9(5-14-16-17)10(15-13)7-3-2-6(11)4-8(7)12/h2-5,10,15H,13H2,1H3. The Morgan fingerprint density at radius 2 is 2.29 bits per heavy atom. The summed E-state index contributed by atoms with van der Waals surface area (Å²) in [5, 5.41) is 7.85. The zero-order chi connectivity index (χ0) is 12.4. The van der Waals surface area contributed by atoms with Crippen molar-refractivity contribution in [1.29, 1.82) is 0 Å². The molecule has 0 aliphatic rings. The van der Waals surface area contributed by atoms with Crippen LogP contribution in [0.4, 0.5) is 4.39 Å². The van der Waals surface area contributed by atoms with Gasteiger partial charge in [0.05, 0.1) is 17.9 Å². The van der Waals surface area contributed by atoms with Gasteiger partial charge in [0, 0.05) is 17.6 Å². The van der Waals surface area contributed by atoms with Crippen molar-refractivity contribution in [3.05, 3.63) is 46.5 Å². The minimum atomic E-state index is -0.521. The van der Waals surface area contributed by atoms with Crippen molar-refractivity contribution in [3.63, 3.8) is 0 Å². The Morgan fingerprint density at radius 3 is 2.82 bits per heavy atom. The summed E-state index contributed by atoms with van der Waals surface area (Å²) < 4.78 is 15.3. The molecule has 1 aromatic heterocycles. The monoisotopic (exact) mass is 255 g/mol. The number of halogens is 2. The number of nitrogens with two attached hydrogens (primary N) is 1. The maximum atomic E-state index is 13.8. The molecule has 2 rings (SSSR count). The lowest BCUT2D eigenvalue weighted by Crippen LogP contribution is -2.31. The van der Waals surface area contributed by atoms with E-state index < -0.39 is 11.9 Å². The molecule has 5 nitrogen and oxygen atoms in total. The van der Waals surface area contributed by atoms with Gasteiger partial charge in [-0.05, 0) is 12.1 Å². The molecule has 1 atom stereocenters. The molecule has 0 bridgehead atoms. The maximum absolute atomic E-state index is 13.8. The summed E-state index contributed by atoms with van der Waals surface area (Å²) >= 11 is 5.70. The van der Waals surface area contributed by atoms with E-state index in [4.69, 9.17) is 17.4 Å². The smallest absolute Gasteiger partial charge is 0.129 e. The third kappa shape index (κ3) is 2.28. The van der Waals surface area contributed by atoms with Crippen LogP contribution in [0, 0.1) is 5.82 Å². The highest BCUT2D eigenvalue weighted by Gasteiger charge is 2.20. The summed E-state index contributed by atoms with van der Waals surface area (Å²) in [4.78, 5) is 0. The Labute approximate surface area is 102 Å². The number of hydrogen-bond donors (Lipinski definition) is 2. The van der Waals surface area contributed by atoms with Crippen LogP contribution in [0.15, 0.2) is 24.4 Å². The molecule has 0 saturated carbocycles. The number of aryl methyl sites for hydroxylation is 1. The molecule has 1 aromatic carbocycles. The first kappa shape index (κ1) is 12.0. The highest BCUT2D eigenvalue weighted by molar-refractivity contribution is 6.30. The topological polar surface area (TPSA) is 68.8 Å². The van der Waals surface area contributed by atoms with Crippen molar-refractivity contribution in [2.75, 3.05) is 0 Å². The molecular weight excluding hydrogens is 245 g/mol. The summed E-state index contributed by atoms with van der Waals surface area (Å²) in [7, 11) is 1.71. The lowest BCUT2D eigenvalue weighted by molar-refractivity contribution is 0.531. The highest BCUT2D eigenvalue weighted by atomic mass is 35.5. The molecule has 0 fully saturated rings. The Hall–Kier alpha value is -1.50. The molecule has 0 radical (unpaired) electrons. The maximum Gasteiger partial charge on any atom is 0.129 e. The predicted molar refractivity (Wildman–Crippen MR) is 61.6 cm³/mol. The Balaban J connectivity index is 2.46. The van der Waals surface area contributed by atoms with Crippen molar-refractivity contribution in [1.82, 2.24) is 20.4 Å². The van der Waals surface area contributed by atoms with Crippen molar-refractivity contribution in [3.8, 4) is 0 Å². The fourth-order valence-electron chi connectivity index (χ4n) is 1.63. The van der Waals surface area contributed by atoms with Gasteiger partial charge in [-0.1, -0.05) is 22.9 Å². The van der Waals surface area contributed by atoms with Gasteiger partial charge in [-0.25, -0.2) is 9.82 Å². The van der Waals surface area contributed by atoms with E-state index in [9.17, 15) is 4.39 Å². The van der Waals surface area contributed by atoms with Crippen LogP contribution in [0.1, 0.15) is 17.3 Å². The van der Waals surface area contributed by atoms with Crippen LogP contribution < -0.4 is 11.3 Å². The van der Waals surface area contributed by atoms with E-state index >= 15 is 0 Å². The van der Waals surface area contributed by atoms with E-state index in [1.807, 2.05) is 0 Å². The van der Waals surface area contributed by atoms with E-state index in [2.05, 4.69) is 15.7 Å². The van der Waals surface area contributed by atoms with Crippen LogP contribution >= 0.6 is 11.6 Å². The second-order valence-corrected chi connectivity index (χ2v) is 3.98. The molecule has 0 amide bonds. The van der Waals surface area contributed by atoms with Crippen molar-refractivity contribution in [2.24, 2.45) is 12.9 Å². The van der Waals surface area contributed by atoms with E-state index in [0.29, 0.717) is 16.3 Å². The van der Waals surface area contributed by atoms with E-state index in [-0.39, 0.29) is 0 Å². The molecule has 0 aliphatic heterocycles. The fraction of sp³-hybridized carbons (Fsp3) is 0.200. The van der Waals surface area contributed by atoms with Crippen LogP contribution in [0.3, 0.4) is 0 Å². The van der Waals surface area contributed by atoms with Crippen LogP contribution in [-0.2, 0) is 7.05 Å². The zero-order valence-corrected chi connectivity index (χ0v) is 9.82. The largest absolute Gasteiger partial charge is 0.271 e. The van der Waals surface area contributed by atoms with Crippen molar-refractivity contribution < 1.29 is 4.39 Å². The summed E-state index contributed by atoms with van der Waals surface area (Å²) in [5.41, 5.74) is 3.59. The number of nitrogens with one attached hydrogen (secondary N) is 1. The molecule has 90 valence electrons. The minimum absolute atomic E-state index is 0.338. The fourth-order valence-corrected chi connectivity index (χ4v) is 1.79. The van der Waals surface area contributed by atoms with E-state index in [1.54, 1.807) is 19.2 Å². The second kappa shape index (κ2) is 4.79. The first-order valence-corrected chi connectivity index (χ1v) is 5.27. The van der Waals surface area contributed by atoms with Gasteiger partial charge in [-0.3, -0.25) is 10.5 Å². The molecule has 3 N–H and O–H groups in total. The van der Waals surface area contributed by atoms with Crippen LogP contribution in [-0.4, -0.2) is 15.0 Å². The average molecular weight is 256 g/mol. The first-order valence-electron chi connectivity index (χ1n) is 4.89. The molecule has 17 heavy (non-hydrogen) atoms. The Morgan fingerprint density at radius 1 is 1.53 bits per heavy atom. The van der Waals surface area contributed by atoms with Gasteiger partial charge in [-0.15, -0.1) is 5.10 Å². The van der Waals surface area contributed by atoms with Gasteiger partial charge in [0.2, 0.25) is 0 Å². The SMILES string of the molecule is Cn1nncc1C(NN)c1ccc(Cl)cc1F. The van der Waals surface area contributed by atoms with Gasteiger partial charge in [-0.2, -0.15) is 0 Å². The zero-order valence-electron chi connectivity index (χ0n) is 9.06. The first-order chi connectivity index (χ1) is 8.13. The molecule has 2 aromatic rings.